The summed E-state index contributed by atoms with van der Waals surface area (Å²) in [7, 11) is 0. The van der Waals surface area contributed by atoms with Crippen LogP contribution in [-0.2, 0) is 27.2 Å². The number of fused-ring (bicyclic) bond motifs is 1. The molecule has 0 aliphatic heterocycles. The van der Waals surface area contributed by atoms with E-state index in [9.17, 15) is 14.4 Å². The van der Waals surface area contributed by atoms with E-state index < -0.39 is 5.97 Å². The first-order valence-electron chi connectivity index (χ1n) is 10.1. The van der Waals surface area contributed by atoms with Gasteiger partial charge in [-0.25, -0.2) is 9.78 Å². The molecule has 170 valence electrons. The van der Waals surface area contributed by atoms with Gasteiger partial charge >= 0.3 is 11.9 Å². The molecule has 3 aromatic rings. The van der Waals surface area contributed by atoms with Gasteiger partial charge in [-0.05, 0) is 50.5 Å². The molecule has 0 aliphatic carbocycles. The number of thioether (sulfide) groups is 1. The van der Waals surface area contributed by atoms with Crippen molar-refractivity contribution in [1.82, 2.24) is 9.55 Å². The van der Waals surface area contributed by atoms with Crippen molar-refractivity contribution in [3.63, 3.8) is 0 Å². The third-order valence-corrected chi connectivity index (χ3v) is 7.01. The minimum absolute atomic E-state index is 0.0296. The molecule has 0 saturated carbocycles. The molecule has 0 unspecified atom stereocenters. The lowest BCUT2D eigenvalue weighted by molar-refractivity contribution is -0.139. The molecule has 0 bridgehead atoms. The van der Waals surface area contributed by atoms with Crippen molar-refractivity contribution >= 4 is 56.9 Å². The van der Waals surface area contributed by atoms with E-state index in [0.29, 0.717) is 43.8 Å². The number of aromatic nitrogens is 2. The van der Waals surface area contributed by atoms with Crippen molar-refractivity contribution in [2.75, 3.05) is 19.0 Å². The second kappa shape index (κ2) is 11.0. The Bertz CT molecular complexity index is 1190. The van der Waals surface area contributed by atoms with E-state index in [4.69, 9.17) is 21.1 Å². The fourth-order valence-electron chi connectivity index (χ4n) is 3.11. The van der Waals surface area contributed by atoms with Gasteiger partial charge in [-0.1, -0.05) is 35.5 Å². The lowest BCUT2D eigenvalue weighted by Crippen LogP contribution is -2.25. The Morgan fingerprint density at radius 3 is 2.50 bits per heavy atom. The van der Waals surface area contributed by atoms with Gasteiger partial charge in [0, 0.05) is 11.6 Å². The number of hydrogen-bond acceptors (Lipinski definition) is 8. The number of hydrogen-bond donors (Lipinski definition) is 0. The summed E-state index contributed by atoms with van der Waals surface area (Å²) < 4.78 is 11.7. The third kappa shape index (κ3) is 5.51. The summed E-state index contributed by atoms with van der Waals surface area (Å²) in [5.74, 6) is -0.825. The van der Waals surface area contributed by atoms with E-state index >= 15 is 0 Å². The average Bonchev–Trinajstić information content (AvgIpc) is 3.10. The third-order valence-electron chi connectivity index (χ3n) is 4.64. The van der Waals surface area contributed by atoms with E-state index in [1.807, 2.05) is 12.1 Å². The number of ether oxygens (including phenoxy) is 2. The zero-order valence-electron chi connectivity index (χ0n) is 18.0. The summed E-state index contributed by atoms with van der Waals surface area (Å²) in [5.41, 5.74) is 1.32. The van der Waals surface area contributed by atoms with Gasteiger partial charge in [0.25, 0.3) is 5.56 Å². The lowest BCUT2D eigenvalue weighted by Gasteiger charge is -2.12. The lowest BCUT2D eigenvalue weighted by atomic mass is 10.1. The summed E-state index contributed by atoms with van der Waals surface area (Å²) in [6.07, 6.45) is 0.575. The molecule has 7 nitrogen and oxygen atoms in total. The van der Waals surface area contributed by atoms with Crippen LogP contribution in [0.15, 0.2) is 34.2 Å². The maximum atomic E-state index is 13.4. The normalized spacial score (nSPS) is 11.0. The highest BCUT2D eigenvalue weighted by molar-refractivity contribution is 7.99. The molecule has 0 radical (unpaired) electrons. The van der Waals surface area contributed by atoms with Crippen LogP contribution in [0.5, 0.6) is 0 Å². The second-order valence-corrected chi connectivity index (χ2v) is 9.16. The number of halogens is 1. The predicted octanol–water partition coefficient (Wildman–Crippen LogP) is 4.49. The van der Waals surface area contributed by atoms with Gasteiger partial charge in [-0.15, -0.1) is 11.3 Å². The molecule has 2 heterocycles. The Morgan fingerprint density at radius 1 is 1.16 bits per heavy atom. The van der Waals surface area contributed by atoms with E-state index in [0.717, 1.165) is 28.7 Å². The Kier molecular flexibility index (Phi) is 8.33. The van der Waals surface area contributed by atoms with Crippen molar-refractivity contribution in [2.45, 2.75) is 38.9 Å². The Labute approximate surface area is 198 Å². The van der Waals surface area contributed by atoms with Crippen LogP contribution in [0.1, 0.15) is 34.6 Å². The Morgan fingerprint density at radius 2 is 1.84 bits per heavy atom. The van der Waals surface area contributed by atoms with Gasteiger partial charge in [-0.2, -0.15) is 0 Å². The molecule has 2 aromatic heterocycles. The fraction of sp³-hybridized carbons (Fsp3) is 0.364. The Balaban J connectivity index is 2.02. The van der Waals surface area contributed by atoms with Crippen molar-refractivity contribution < 1.29 is 19.1 Å². The molecule has 0 amide bonds. The topological polar surface area (TPSA) is 87.5 Å². The highest BCUT2D eigenvalue weighted by Gasteiger charge is 2.23. The highest BCUT2D eigenvalue weighted by atomic mass is 35.5. The number of esters is 2. The van der Waals surface area contributed by atoms with Crippen LogP contribution >= 0.6 is 34.7 Å². The van der Waals surface area contributed by atoms with Crippen molar-refractivity contribution in [3.05, 3.63) is 55.6 Å². The largest absolute Gasteiger partial charge is 0.465 e. The first kappa shape index (κ1) is 24.3. The standard InChI is InChI=1S/C22H23ClN2O5S2/c1-4-29-16(26)12-31-22-24-19-17(13(3)18(32-19)21(28)30-5-2)20(27)25(22)11-10-14-6-8-15(23)9-7-14/h6-9H,4-5,10-12H2,1-3H3. The first-order chi connectivity index (χ1) is 15.3. The molecule has 1 aromatic carbocycles. The number of thiophene rings is 1. The summed E-state index contributed by atoms with van der Waals surface area (Å²) >= 11 is 8.23. The van der Waals surface area contributed by atoms with Crippen LogP contribution in [-0.4, -0.2) is 40.5 Å². The molecule has 0 N–H and O–H groups in total. The maximum absolute atomic E-state index is 13.4. The van der Waals surface area contributed by atoms with E-state index in [-0.39, 0.29) is 30.5 Å². The van der Waals surface area contributed by atoms with Crippen LogP contribution < -0.4 is 5.56 Å². The molecule has 0 saturated heterocycles. The summed E-state index contributed by atoms with van der Waals surface area (Å²) in [6, 6.07) is 7.40. The SMILES string of the molecule is CCOC(=O)CSc1nc2sc(C(=O)OCC)c(C)c2c(=O)n1CCc1ccc(Cl)cc1. The molecule has 10 heteroatoms. The number of rotatable bonds is 9. The highest BCUT2D eigenvalue weighted by Crippen LogP contribution is 2.30. The molecule has 0 spiro atoms. The van der Waals surface area contributed by atoms with E-state index in [1.165, 1.54) is 0 Å². The van der Waals surface area contributed by atoms with Crippen molar-refractivity contribution in [1.29, 1.82) is 0 Å². The van der Waals surface area contributed by atoms with Gasteiger partial charge < -0.3 is 9.47 Å². The van der Waals surface area contributed by atoms with Gasteiger partial charge in [0.05, 0.1) is 24.4 Å². The average molecular weight is 495 g/mol. The minimum Gasteiger partial charge on any atom is -0.465 e. The molecule has 32 heavy (non-hydrogen) atoms. The summed E-state index contributed by atoms with van der Waals surface area (Å²) in [4.78, 5) is 43.1. The number of benzene rings is 1. The smallest absolute Gasteiger partial charge is 0.348 e. The van der Waals surface area contributed by atoms with Crippen LogP contribution in [0.2, 0.25) is 5.02 Å². The van der Waals surface area contributed by atoms with Gasteiger partial charge in [-0.3, -0.25) is 14.2 Å². The fourth-order valence-corrected chi connectivity index (χ4v) is 5.18. The van der Waals surface area contributed by atoms with Crippen LogP contribution in [0.25, 0.3) is 10.2 Å². The van der Waals surface area contributed by atoms with Crippen LogP contribution in [0, 0.1) is 6.92 Å². The molecular weight excluding hydrogens is 472 g/mol. The number of carbonyl (C=O) groups excluding carboxylic acids is 2. The van der Waals surface area contributed by atoms with Gasteiger partial charge in [0.2, 0.25) is 0 Å². The van der Waals surface area contributed by atoms with Crippen molar-refractivity contribution in [2.24, 2.45) is 0 Å². The monoisotopic (exact) mass is 494 g/mol. The quantitative estimate of drug-likeness (QED) is 0.246. The zero-order valence-corrected chi connectivity index (χ0v) is 20.4. The molecule has 3 rings (SSSR count). The van der Waals surface area contributed by atoms with Crippen LogP contribution in [0.3, 0.4) is 0 Å². The number of nitrogens with zero attached hydrogens (tertiary/aromatic N) is 2. The van der Waals surface area contributed by atoms with Crippen molar-refractivity contribution in [3.8, 4) is 0 Å². The molecular formula is C22H23ClN2O5S2. The first-order valence-corrected chi connectivity index (χ1v) is 12.3. The molecule has 0 atom stereocenters. The summed E-state index contributed by atoms with van der Waals surface area (Å²) in [6.45, 7) is 6.07. The van der Waals surface area contributed by atoms with E-state index in [2.05, 4.69) is 4.98 Å². The summed E-state index contributed by atoms with van der Waals surface area (Å²) in [5, 5.41) is 1.44. The van der Waals surface area contributed by atoms with E-state index in [1.54, 1.807) is 37.5 Å². The Hall–Kier alpha value is -2.36. The van der Waals surface area contributed by atoms with Gasteiger partial charge in [0.15, 0.2) is 5.16 Å². The van der Waals surface area contributed by atoms with Crippen LogP contribution in [0.4, 0.5) is 0 Å². The molecule has 0 aliphatic rings. The van der Waals surface area contributed by atoms with Gasteiger partial charge in [0.1, 0.15) is 9.71 Å². The predicted molar refractivity (Wildman–Crippen MR) is 127 cm³/mol. The maximum Gasteiger partial charge on any atom is 0.348 e. The minimum atomic E-state index is -0.471. The molecule has 0 fully saturated rings. The number of aryl methyl sites for hydroxylation is 2. The zero-order chi connectivity index (χ0) is 23.3. The second-order valence-electron chi connectivity index (χ2n) is 6.78. The number of carbonyl (C=O) groups is 2.